The van der Waals surface area contributed by atoms with Crippen LogP contribution in [0.3, 0.4) is 0 Å². The van der Waals surface area contributed by atoms with E-state index in [1.165, 1.54) is 12.1 Å². The molecule has 2 aromatic rings. The Balaban J connectivity index is 1.99. The molecule has 1 heterocycles. The van der Waals surface area contributed by atoms with Gasteiger partial charge in [-0.05, 0) is 17.7 Å². The Bertz CT molecular complexity index is 621. The van der Waals surface area contributed by atoms with Crippen LogP contribution in [0.15, 0.2) is 36.5 Å². The van der Waals surface area contributed by atoms with Crippen molar-refractivity contribution < 1.29 is 14.8 Å². The number of nitrogens with one attached hydrogen (secondary N) is 2. The Kier molecular flexibility index (Phi) is 3.46. The molecule has 0 aliphatic carbocycles. The van der Waals surface area contributed by atoms with Gasteiger partial charge in [-0.15, -0.1) is 0 Å². The Morgan fingerprint density at radius 2 is 2.21 bits per heavy atom. The minimum Gasteiger partial charge on any atom is -0.508 e. The molecule has 0 fully saturated rings. The summed E-state index contributed by atoms with van der Waals surface area (Å²) in [4.78, 5) is 24.1. The Morgan fingerprint density at radius 1 is 1.42 bits per heavy atom. The van der Waals surface area contributed by atoms with Crippen LogP contribution in [0.2, 0.25) is 0 Å². The van der Waals surface area contributed by atoms with Crippen molar-refractivity contribution in [2.24, 2.45) is 0 Å². The Hall–Kier alpha value is -2.83. The topological polar surface area (TPSA) is 108 Å². The van der Waals surface area contributed by atoms with Crippen LogP contribution in [0.4, 0.5) is 5.69 Å². The summed E-state index contributed by atoms with van der Waals surface area (Å²) in [6.45, 7) is 0.222. The van der Waals surface area contributed by atoms with E-state index in [-0.39, 0.29) is 23.7 Å². The lowest BCUT2D eigenvalue weighted by Gasteiger charge is -2.04. The van der Waals surface area contributed by atoms with Crippen molar-refractivity contribution >= 4 is 11.6 Å². The second kappa shape index (κ2) is 5.21. The molecule has 0 atom stereocenters. The molecular weight excluding hydrogens is 250 g/mol. The molecule has 1 aromatic heterocycles. The van der Waals surface area contributed by atoms with Crippen LogP contribution in [-0.4, -0.2) is 20.9 Å². The number of rotatable bonds is 4. The Labute approximate surface area is 108 Å². The van der Waals surface area contributed by atoms with E-state index in [1.807, 2.05) is 0 Å². The first-order valence-electron chi connectivity index (χ1n) is 5.45. The molecule has 0 aliphatic rings. The van der Waals surface area contributed by atoms with Crippen LogP contribution in [0.1, 0.15) is 16.1 Å². The molecule has 1 aromatic carbocycles. The molecule has 2 rings (SSSR count). The second-order valence-electron chi connectivity index (χ2n) is 3.88. The predicted octanol–water partition coefficient (Wildman–Crippen LogP) is 1.56. The molecule has 0 spiro atoms. The summed E-state index contributed by atoms with van der Waals surface area (Å²) >= 11 is 0. The van der Waals surface area contributed by atoms with Gasteiger partial charge >= 0.3 is 0 Å². The van der Waals surface area contributed by atoms with E-state index < -0.39 is 10.8 Å². The van der Waals surface area contributed by atoms with E-state index in [4.69, 9.17) is 0 Å². The quantitative estimate of drug-likeness (QED) is 0.573. The molecule has 19 heavy (non-hydrogen) atoms. The van der Waals surface area contributed by atoms with Gasteiger partial charge in [0.25, 0.3) is 11.6 Å². The fourth-order valence-electron chi connectivity index (χ4n) is 1.56. The first-order valence-corrected chi connectivity index (χ1v) is 5.45. The number of nitrogens with zero attached hydrogens (tertiary/aromatic N) is 1. The molecule has 98 valence electrons. The maximum absolute atomic E-state index is 11.7. The highest BCUT2D eigenvalue weighted by Crippen LogP contribution is 2.13. The van der Waals surface area contributed by atoms with Gasteiger partial charge in [0.15, 0.2) is 0 Å². The number of benzene rings is 1. The maximum atomic E-state index is 11.7. The highest BCUT2D eigenvalue weighted by molar-refractivity contribution is 5.93. The monoisotopic (exact) mass is 261 g/mol. The summed E-state index contributed by atoms with van der Waals surface area (Å²) in [5, 5.41) is 22.3. The smallest absolute Gasteiger partial charge is 0.287 e. The van der Waals surface area contributed by atoms with Crippen LogP contribution < -0.4 is 5.32 Å². The van der Waals surface area contributed by atoms with Gasteiger partial charge in [0.05, 0.1) is 11.1 Å². The molecule has 1 amide bonds. The fourth-order valence-corrected chi connectivity index (χ4v) is 1.56. The number of nitro groups is 1. The van der Waals surface area contributed by atoms with Crippen LogP contribution in [0.25, 0.3) is 0 Å². The van der Waals surface area contributed by atoms with Gasteiger partial charge in [-0.2, -0.15) is 0 Å². The van der Waals surface area contributed by atoms with Crippen LogP contribution in [-0.2, 0) is 6.54 Å². The van der Waals surface area contributed by atoms with E-state index >= 15 is 0 Å². The van der Waals surface area contributed by atoms with Crippen molar-refractivity contribution in [3.8, 4) is 5.75 Å². The van der Waals surface area contributed by atoms with E-state index in [0.717, 1.165) is 17.8 Å². The van der Waals surface area contributed by atoms with Crippen LogP contribution in [0, 0.1) is 10.1 Å². The van der Waals surface area contributed by atoms with Crippen LogP contribution in [0.5, 0.6) is 5.75 Å². The molecular formula is C12H11N3O4. The standard InChI is InChI=1S/C12H11N3O4/c16-10-3-1-2-8(4-10)6-14-12(17)11-5-9(7-13-11)15(18)19/h1-5,7,13,16H,6H2,(H,14,17). The highest BCUT2D eigenvalue weighted by atomic mass is 16.6. The first-order chi connectivity index (χ1) is 9.06. The molecule has 0 aliphatic heterocycles. The number of phenols is 1. The van der Waals surface area contributed by atoms with Crippen LogP contribution >= 0.6 is 0 Å². The zero-order chi connectivity index (χ0) is 13.8. The lowest BCUT2D eigenvalue weighted by molar-refractivity contribution is -0.384. The number of amides is 1. The van der Waals surface area contributed by atoms with Crippen molar-refractivity contribution in [1.82, 2.24) is 10.3 Å². The number of carbonyl (C=O) groups excluding carboxylic acids is 1. The SMILES string of the molecule is O=C(NCc1cccc(O)c1)c1cc([N+](=O)[O-])c[nH]1. The summed E-state index contributed by atoms with van der Waals surface area (Å²) in [6, 6.07) is 7.63. The van der Waals surface area contributed by atoms with Gasteiger partial charge < -0.3 is 15.4 Å². The summed E-state index contributed by atoms with van der Waals surface area (Å²) in [5.41, 5.74) is 0.684. The van der Waals surface area contributed by atoms with E-state index in [9.17, 15) is 20.0 Å². The number of hydrogen-bond donors (Lipinski definition) is 3. The molecule has 0 saturated carbocycles. The normalized spacial score (nSPS) is 10.1. The van der Waals surface area contributed by atoms with Crippen molar-refractivity contribution in [3.05, 3.63) is 57.9 Å². The third kappa shape index (κ3) is 3.09. The number of H-pyrrole nitrogens is 1. The van der Waals surface area contributed by atoms with Crippen molar-refractivity contribution in [2.45, 2.75) is 6.54 Å². The summed E-state index contributed by atoms with van der Waals surface area (Å²) < 4.78 is 0. The molecule has 7 heteroatoms. The summed E-state index contributed by atoms with van der Waals surface area (Å²) in [5.74, 6) is -0.335. The van der Waals surface area contributed by atoms with E-state index in [2.05, 4.69) is 10.3 Å². The number of aromatic amines is 1. The molecule has 0 radical (unpaired) electrons. The summed E-state index contributed by atoms with van der Waals surface area (Å²) in [6.07, 6.45) is 1.16. The molecule has 0 bridgehead atoms. The van der Waals surface area contributed by atoms with Gasteiger partial charge in [0.2, 0.25) is 0 Å². The van der Waals surface area contributed by atoms with Gasteiger partial charge in [0.1, 0.15) is 11.4 Å². The number of hydrogen-bond acceptors (Lipinski definition) is 4. The zero-order valence-corrected chi connectivity index (χ0v) is 9.79. The van der Waals surface area contributed by atoms with E-state index in [1.54, 1.807) is 12.1 Å². The predicted molar refractivity (Wildman–Crippen MR) is 66.7 cm³/mol. The second-order valence-corrected chi connectivity index (χ2v) is 3.88. The van der Waals surface area contributed by atoms with Gasteiger partial charge in [-0.1, -0.05) is 12.1 Å². The largest absolute Gasteiger partial charge is 0.508 e. The number of aromatic nitrogens is 1. The summed E-state index contributed by atoms with van der Waals surface area (Å²) in [7, 11) is 0. The average Bonchev–Trinajstić information content (AvgIpc) is 2.86. The molecule has 3 N–H and O–H groups in total. The molecule has 7 nitrogen and oxygen atoms in total. The van der Waals surface area contributed by atoms with Gasteiger partial charge in [-0.3, -0.25) is 14.9 Å². The van der Waals surface area contributed by atoms with Crippen molar-refractivity contribution in [3.63, 3.8) is 0 Å². The third-order valence-electron chi connectivity index (χ3n) is 2.49. The lowest BCUT2D eigenvalue weighted by Crippen LogP contribution is -2.22. The fraction of sp³-hybridized carbons (Fsp3) is 0.0833. The Morgan fingerprint density at radius 3 is 2.84 bits per heavy atom. The number of carbonyl (C=O) groups is 1. The zero-order valence-electron chi connectivity index (χ0n) is 9.79. The van der Waals surface area contributed by atoms with E-state index in [0.29, 0.717) is 0 Å². The third-order valence-corrected chi connectivity index (χ3v) is 2.49. The molecule has 0 saturated heterocycles. The van der Waals surface area contributed by atoms with Gasteiger partial charge in [0, 0.05) is 12.6 Å². The number of aromatic hydroxyl groups is 1. The highest BCUT2D eigenvalue weighted by Gasteiger charge is 2.13. The average molecular weight is 261 g/mol. The number of phenolic OH excluding ortho intramolecular Hbond substituents is 1. The van der Waals surface area contributed by atoms with Crippen molar-refractivity contribution in [1.29, 1.82) is 0 Å². The molecule has 0 unspecified atom stereocenters. The minimum atomic E-state index is -0.581. The van der Waals surface area contributed by atoms with Gasteiger partial charge in [-0.25, -0.2) is 0 Å². The minimum absolute atomic E-state index is 0.113. The lowest BCUT2D eigenvalue weighted by atomic mass is 10.2. The maximum Gasteiger partial charge on any atom is 0.287 e. The van der Waals surface area contributed by atoms with Crippen molar-refractivity contribution in [2.75, 3.05) is 0 Å². The first kappa shape index (κ1) is 12.6.